The van der Waals surface area contributed by atoms with Crippen molar-refractivity contribution in [3.8, 4) is 5.75 Å². The monoisotopic (exact) mass is 418 g/mol. The Labute approximate surface area is 160 Å². The molecule has 0 radical (unpaired) electrons. The van der Waals surface area contributed by atoms with E-state index in [0.717, 1.165) is 0 Å². The fourth-order valence-corrected chi connectivity index (χ4v) is 3.43. The molecule has 2 rings (SSSR count). The molecule has 10 heteroatoms. The molecule has 0 fully saturated rings. The van der Waals surface area contributed by atoms with Gasteiger partial charge in [0.15, 0.2) is 0 Å². The number of carbonyl (C=O) groups excluding carboxylic acids is 1. The first kappa shape index (κ1) is 21.1. The van der Waals surface area contributed by atoms with Crippen LogP contribution in [0.15, 0.2) is 53.4 Å². The molecular weight excluding hydrogens is 402 g/mol. The molecule has 0 aliphatic heterocycles. The number of alkyl halides is 2. The minimum absolute atomic E-state index is 0.0153. The van der Waals surface area contributed by atoms with E-state index in [2.05, 4.69) is 14.8 Å². The van der Waals surface area contributed by atoms with E-state index < -0.39 is 16.6 Å². The third kappa shape index (κ3) is 7.12. The van der Waals surface area contributed by atoms with Crippen molar-refractivity contribution in [3.05, 3.63) is 59.1 Å². The van der Waals surface area contributed by atoms with E-state index in [1.54, 1.807) is 18.2 Å². The highest BCUT2D eigenvalue weighted by Gasteiger charge is 2.14. The molecule has 2 aromatic carbocycles. The molecule has 1 amide bonds. The van der Waals surface area contributed by atoms with Gasteiger partial charge >= 0.3 is 6.61 Å². The van der Waals surface area contributed by atoms with Gasteiger partial charge in [-0.25, -0.2) is 13.1 Å². The van der Waals surface area contributed by atoms with Gasteiger partial charge in [-0.05, 0) is 35.9 Å². The Kier molecular flexibility index (Phi) is 7.52. The number of amides is 1. The van der Waals surface area contributed by atoms with Crippen molar-refractivity contribution in [1.82, 2.24) is 10.0 Å². The van der Waals surface area contributed by atoms with Crippen molar-refractivity contribution in [3.63, 3.8) is 0 Å². The zero-order valence-corrected chi connectivity index (χ0v) is 15.6. The maximum Gasteiger partial charge on any atom is 0.387 e. The zero-order chi connectivity index (χ0) is 19.9. The van der Waals surface area contributed by atoms with Crippen LogP contribution < -0.4 is 14.8 Å². The van der Waals surface area contributed by atoms with E-state index in [4.69, 9.17) is 11.6 Å². The molecule has 0 heterocycles. The average molecular weight is 419 g/mol. The van der Waals surface area contributed by atoms with Crippen LogP contribution in [-0.2, 0) is 21.4 Å². The van der Waals surface area contributed by atoms with Gasteiger partial charge in [-0.1, -0.05) is 29.8 Å². The van der Waals surface area contributed by atoms with Crippen molar-refractivity contribution < 1.29 is 26.7 Å². The zero-order valence-electron chi connectivity index (χ0n) is 14.0. The summed E-state index contributed by atoms with van der Waals surface area (Å²) < 4.78 is 54.9. The molecule has 0 aliphatic rings. The van der Waals surface area contributed by atoms with E-state index in [9.17, 15) is 22.0 Å². The van der Waals surface area contributed by atoms with Gasteiger partial charge < -0.3 is 10.1 Å². The van der Waals surface area contributed by atoms with E-state index in [-0.39, 0.29) is 36.1 Å². The molecule has 146 valence electrons. The summed E-state index contributed by atoms with van der Waals surface area (Å²) in [5, 5.41) is 2.90. The molecule has 27 heavy (non-hydrogen) atoms. The maximum absolute atomic E-state index is 12.1. The topological polar surface area (TPSA) is 84.5 Å². The number of rotatable bonds is 9. The first-order valence-corrected chi connectivity index (χ1v) is 9.68. The molecule has 0 atom stereocenters. The van der Waals surface area contributed by atoms with Gasteiger partial charge in [0.05, 0.1) is 4.90 Å². The predicted molar refractivity (Wildman–Crippen MR) is 96.2 cm³/mol. The summed E-state index contributed by atoms with van der Waals surface area (Å²) >= 11 is 5.77. The second kappa shape index (κ2) is 9.63. The lowest BCUT2D eigenvalue weighted by molar-refractivity contribution is -0.121. The lowest BCUT2D eigenvalue weighted by Gasteiger charge is -2.09. The van der Waals surface area contributed by atoms with Gasteiger partial charge in [0.1, 0.15) is 5.75 Å². The fourth-order valence-electron chi connectivity index (χ4n) is 2.09. The number of hydrogen-bond acceptors (Lipinski definition) is 4. The highest BCUT2D eigenvalue weighted by Crippen LogP contribution is 2.16. The van der Waals surface area contributed by atoms with Gasteiger partial charge in [-0.3, -0.25) is 4.79 Å². The van der Waals surface area contributed by atoms with E-state index >= 15 is 0 Å². The van der Waals surface area contributed by atoms with Crippen LogP contribution in [0.3, 0.4) is 0 Å². The Bertz CT molecular complexity index is 877. The van der Waals surface area contributed by atoms with Gasteiger partial charge in [0, 0.05) is 24.5 Å². The van der Waals surface area contributed by atoms with Gasteiger partial charge in [0.2, 0.25) is 15.9 Å². The van der Waals surface area contributed by atoms with Crippen LogP contribution in [0.4, 0.5) is 8.78 Å². The minimum Gasteiger partial charge on any atom is -0.435 e. The standard InChI is InChI=1S/C17H17ClF2N2O4S/c18-13-2-1-3-15(10-13)27(24,25)22-9-8-16(23)21-11-12-4-6-14(7-5-12)26-17(19)20/h1-7,10,17,22H,8-9,11H2,(H,21,23). The van der Waals surface area contributed by atoms with Gasteiger partial charge in [0.25, 0.3) is 0 Å². The lowest BCUT2D eigenvalue weighted by atomic mass is 10.2. The largest absolute Gasteiger partial charge is 0.435 e. The van der Waals surface area contributed by atoms with Crippen LogP contribution in [0.2, 0.25) is 5.02 Å². The van der Waals surface area contributed by atoms with Crippen molar-refractivity contribution in [2.24, 2.45) is 0 Å². The third-order valence-electron chi connectivity index (χ3n) is 3.39. The van der Waals surface area contributed by atoms with Crippen LogP contribution in [0.1, 0.15) is 12.0 Å². The summed E-state index contributed by atoms with van der Waals surface area (Å²) in [6.45, 7) is -2.80. The lowest BCUT2D eigenvalue weighted by Crippen LogP contribution is -2.30. The van der Waals surface area contributed by atoms with Crippen molar-refractivity contribution >= 4 is 27.5 Å². The Morgan fingerprint density at radius 3 is 2.48 bits per heavy atom. The average Bonchev–Trinajstić information content (AvgIpc) is 2.60. The first-order chi connectivity index (χ1) is 12.8. The SMILES string of the molecule is O=C(CCNS(=O)(=O)c1cccc(Cl)c1)NCc1ccc(OC(F)F)cc1. The van der Waals surface area contributed by atoms with Crippen LogP contribution in [0.5, 0.6) is 5.75 Å². The number of sulfonamides is 1. The molecule has 2 aromatic rings. The summed E-state index contributed by atoms with van der Waals surface area (Å²) in [5.74, 6) is -0.341. The number of hydrogen-bond donors (Lipinski definition) is 2. The molecule has 0 bridgehead atoms. The minimum atomic E-state index is -3.75. The number of benzene rings is 2. The Hall–Kier alpha value is -2.23. The summed E-state index contributed by atoms with van der Waals surface area (Å²) in [4.78, 5) is 11.8. The summed E-state index contributed by atoms with van der Waals surface area (Å²) in [5.41, 5.74) is 0.685. The second-order valence-electron chi connectivity index (χ2n) is 5.40. The smallest absolute Gasteiger partial charge is 0.387 e. The summed E-state index contributed by atoms with van der Waals surface area (Å²) in [7, 11) is -3.75. The van der Waals surface area contributed by atoms with Crippen molar-refractivity contribution in [1.29, 1.82) is 0 Å². The Morgan fingerprint density at radius 2 is 1.85 bits per heavy atom. The number of carbonyl (C=O) groups is 1. The Morgan fingerprint density at radius 1 is 1.15 bits per heavy atom. The van der Waals surface area contributed by atoms with Crippen LogP contribution in [0, 0.1) is 0 Å². The Balaban J connectivity index is 1.76. The molecule has 2 N–H and O–H groups in total. The summed E-state index contributed by atoms with van der Waals surface area (Å²) in [6, 6.07) is 11.6. The molecule has 0 aliphatic carbocycles. The second-order valence-corrected chi connectivity index (χ2v) is 7.61. The number of nitrogens with one attached hydrogen (secondary N) is 2. The highest BCUT2D eigenvalue weighted by molar-refractivity contribution is 7.89. The molecule has 6 nitrogen and oxygen atoms in total. The van der Waals surface area contributed by atoms with Crippen LogP contribution in [-0.4, -0.2) is 27.5 Å². The summed E-state index contributed by atoms with van der Waals surface area (Å²) in [6.07, 6.45) is -0.0631. The molecule has 0 unspecified atom stereocenters. The molecule has 0 saturated heterocycles. The quantitative estimate of drug-likeness (QED) is 0.655. The molecule has 0 aromatic heterocycles. The third-order valence-corrected chi connectivity index (χ3v) is 5.08. The van der Waals surface area contributed by atoms with Crippen molar-refractivity contribution in [2.45, 2.75) is 24.5 Å². The van der Waals surface area contributed by atoms with Gasteiger partial charge in [-0.2, -0.15) is 8.78 Å². The van der Waals surface area contributed by atoms with Gasteiger partial charge in [-0.15, -0.1) is 0 Å². The fraction of sp³-hybridized carbons (Fsp3) is 0.235. The molecule has 0 spiro atoms. The van der Waals surface area contributed by atoms with Crippen LogP contribution >= 0.6 is 11.6 Å². The number of halogens is 3. The first-order valence-electron chi connectivity index (χ1n) is 7.82. The van der Waals surface area contributed by atoms with E-state index in [1.165, 1.54) is 30.3 Å². The number of ether oxygens (including phenoxy) is 1. The van der Waals surface area contributed by atoms with E-state index in [0.29, 0.717) is 10.6 Å². The van der Waals surface area contributed by atoms with Crippen molar-refractivity contribution in [2.75, 3.05) is 6.54 Å². The molecular formula is C17H17ClF2N2O4S. The van der Waals surface area contributed by atoms with Crippen LogP contribution in [0.25, 0.3) is 0 Å². The normalized spacial score (nSPS) is 11.4. The molecule has 0 saturated carbocycles. The highest BCUT2D eigenvalue weighted by atomic mass is 35.5. The van der Waals surface area contributed by atoms with E-state index in [1.807, 2.05) is 0 Å². The predicted octanol–water partition coefficient (Wildman–Crippen LogP) is 2.93. The maximum atomic E-state index is 12.1.